The lowest BCUT2D eigenvalue weighted by Crippen LogP contribution is -2.60. The standard InChI is InChI=1S/C32H41N7O3/c1-19-14-22(15-27-29(19)38-13-12-37(17-25(38)18-42-27)23-8-10-33-11-9-23)35-32-34-16-26-20(2)28(21(3)40)31(41)39(30(26)36-32)24-6-4-5-7-24/h14-16,23-25,33H,4-13,17-18H2,1-3H3,(H,34,35,36)/t25-/m0/s1. The molecule has 3 fully saturated rings. The molecule has 1 saturated carbocycles. The quantitative estimate of drug-likeness (QED) is 0.438. The molecule has 3 aromatic rings. The van der Waals surface area contributed by atoms with Crippen LogP contribution in [0.25, 0.3) is 11.0 Å². The Bertz CT molecular complexity index is 1590. The van der Waals surface area contributed by atoms with Gasteiger partial charge in [0.05, 0.1) is 17.3 Å². The van der Waals surface area contributed by atoms with Crippen LogP contribution in [0.3, 0.4) is 0 Å². The number of pyridine rings is 1. The summed E-state index contributed by atoms with van der Waals surface area (Å²) in [6.07, 6.45) is 8.16. The summed E-state index contributed by atoms with van der Waals surface area (Å²) in [6.45, 7) is 11.5. The van der Waals surface area contributed by atoms with Crippen LogP contribution < -0.4 is 25.8 Å². The fraction of sp³-hybridized carbons (Fsp3) is 0.562. The van der Waals surface area contributed by atoms with Gasteiger partial charge in [-0.3, -0.25) is 19.1 Å². The monoisotopic (exact) mass is 571 g/mol. The van der Waals surface area contributed by atoms with E-state index < -0.39 is 0 Å². The van der Waals surface area contributed by atoms with Crippen molar-refractivity contribution in [3.63, 3.8) is 0 Å². The minimum atomic E-state index is -0.239. The van der Waals surface area contributed by atoms with Crippen LogP contribution in [0.2, 0.25) is 0 Å². The summed E-state index contributed by atoms with van der Waals surface area (Å²) in [5.41, 5.74) is 4.44. The van der Waals surface area contributed by atoms with Gasteiger partial charge in [0.1, 0.15) is 18.0 Å². The van der Waals surface area contributed by atoms with Crippen molar-refractivity contribution in [3.05, 3.63) is 45.4 Å². The van der Waals surface area contributed by atoms with Gasteiger partial charge in [-0.25, -0.2) is 4.98 Å². The smallest absolute Gasteiger partial charge is 0.263 e. The maximum Gasteiger partial charge on any atom is 0.263 e. The lowest BCUT2D eigenvalue weighted by Gasteiger charge is -2.48. The number of carbonyl (C=O) groups is 1. The number of aromatic nitrogens is 3. The number of ketones is 1. The maximum atomic E-state index is 13.6. The highest BCUT2D eigenvalue weighted by atomic mass is 16.5. The Balaban J connectivity index is 1.18. The molecule has 222 valence electrons. The van der Waals surface area contributed by atoms with Crippen molar-refractivity contribution in [1.29, 1.82) is 0 Å². The van der Waals surface area contributed by atoms with Crippen molar-refractivity contribution in [3.8, 4) is 5.75 Å². The predicted molar refractivity (Wildman–Crippen MR) is 165 cm³/mol. The Labute approximate surface area is 246 Å². The molecule has 0 radical (unpaired) electrons. The summed E-state index contributed by atoms with van der Waals surface area (Å²) in [5, 5.41) is 7.62. The molecule has 4 aliphatic rings. The van der Waals surface area contributed by atoms with Crippen LogP contribution in [-0.2, 0) is 0 Å². The van der Waals surface area contributed by atoms with Crippen molar-refractivity contribution in [2.75, 3.05) is 49.5 Å². The fourth-order valence-corrected chi connectivity index (χ4v) is 7.74. The molecule has 3 aliphatic heterocycles. The first-order valence-electron chi connectivity index (χ1n) is 15.6. The van der Waals surface area contributed by atoms with Gasteiger partial charge in [0.15, 0.2) is 5.78 Å². The van der Waals surface area contributed by atoms with Crippen molar-refractivity contribution < 1.29 is 9.53 Å². The number of nitrogens with zero attached hydrogens (tertiary/aromatic N) is 5. The highest BCUT2D eigenvalue weighted by Crippen LogP contribution is 2.41. The van der Waals surface area contributed by atoms with Crippen LogP contribution in [0.4, 0.5) is 17.3 Å². The summed E-state index contributed by atoms with van der Waals surface area (Å²) in [7, 11) is 0. The van der Waals surface area contributed by atoms with Gasteiger partial charge in [0.2, 0.25) is 5.95 Å². The molecule has 0 amide bonds. The van der Waals surface area contributed by atoms with E-state index in [1.807, 2.05) is 13.0 Å². The number of rotatable bonds is 5. The molecule has 2 aromatic heterocycles. The first-order chi connectivity index (χ1) is 20.4. The zero-order valence-electron chi connectivity index (χ0n) is 24.9. The van der Waals surface area contributed by atoms with E-state index in [-0.39, 0.29) is 22.9 Å². The molecule has 1 aromatic carbocycles. The zero-order valence-corrected chi connectivity index (χ0v) is 24.9. The summed E-state index contributed by atoms with van der Waals surface area (Å²) in [5.74, 6) is 1.09. The minimum absolute atomic E-state index is 0.0454. The second kappa shape index (κ2) is 11.0. The van der Waals surface area contributed by atoms with Gasteiger partial charge < -0.3 is 20.3 Å². The lowest BCUT2D eigenvalue weighted by atomic mass is 9.99. The predicted octanol–water partition coefficient (Wildman–Crippen LogP) is 4.10. The molecule has 0 bridgehead atoms. The molecular formula is C32H41N7O3. The van der Waals surface area contributed by atoms with Gasteiger partial charge in [0.25, 0.3) is 5.56 Å². The zero-order chi connectivity index (χ0) is 29.0. The Morgan fingerprint density at radius 2 is 1.83 bits per heavy atom. The number of piperazine rings is 1. The molecule has 2 saturated heterocycles. The van der Waals surface area contributed by atoms with Crippen molar-refractivity contribution in [2.24, 2.45) is 0 Å². The Hall–Kier alpha value is -3.50. The van der Waals surface area contributed by atoms with E-state index in [4.69, 9.17) is 9.72 Å². The molecule has 0 unspecified atom stereocenters. The van der Waals surface area contributed by atoms with Crippen molar-refractivity contribution in [2.45, 2.75) is 77.4 Å². The molecule has 2 N–H and O–H groups in total. The molecular weight excluding hydrogens is 530 g/mol. The molecule has 0 spiro atoms. The number of hydrogen-bond acceptors (Lipinski definition) is 9. The number of piperidine rings is 1. The van der Waals surface area contributed by atoms with E-state index in [0.29, 0.717) is 35.8 Å². The number of Topliss-reactive ketones (excluding diaryl/α,β-unsaturated/α-hetero) is 1. The van der Waals surface area contributed by atoms with Crippen LogP contribution in [0.5, 0.6) is 5.75 Å². The molecule has 1 atom stereocenters. The van der Waals surface area contributed by atoms with E-state index in [0.717, 1.165) is 80.8 Å². The third kappa shape index (κ3) is 4.74. The fourth-order valence-electron chi connectivity index (χ4n) is 7.74. The highest BCUT2D eigenvalue weighted by molar-refractivity contribution is 5.99. The number of carbonyl (C=O) groups excluding carboxylic acids is 1. The van der Waals surface area contributed by atoms with Crippen LogP contribution >= 0.6 is 0 Å². The van der Waals surface area contributed by atoms with E-state index in [9.17, 15) is 9.59 Å². The van der Waals surface area contributed by atoms with Gasteiger partial charge >= 0.3 is 0 Å². The number of hydrogen-bond donors (Lipinski definition) is 2. The average Bonchev–Trinajstić information content (AvgIpc) is 3.51. The summed E-state index contributed by atoms with van der Waals surface area (Å²) < 4.78 is 8.13. The van der Waals surface area contributed by atoms with E-state index in [2.05, 4.69) is 38.4 Å². The number of benzene rings is 1. The minimum Gasteiger partial charge on any atom is -0.489 e. The summed E-state index contributed by atoms with van der Waals surface area (Å²) in [6, 6.07) is 5.25. The Morgan fingerprint density at radius 3 is 2.60 bits per heavy atom. The highest BCUT2D eigenvalue weighted by Gasteiger charge is 2.36. The van der Waals surface area contributed by atoms with Crippen LogP contribution in [0.15, 0.2) is 23.1 Å². The van der Waals surface area contributed by atoms with E-state index >= 15 is 0 Å². The van der Waals surface area contributed by atoms with Crippen LogP contribution in [0.1, 0.15) is 73.0 Å². The van der Waals surface area contributed by atoms with E-state index in [1.165, 1.54) is 25.5 Å². The number of anilines is 3. The number of fused-ring (bicyclic) bond motifs is 4. The largest absolute Gasteiger partial charge is 0.489 e. The normalized spacial score (nSPS) is 21.7. The average molecular weight is 572 g/mol. The first-order valence-corrected chi connectivity index (χ1v) is 15.6. The lowest BCUT2D eigenvalue weighted by molar-refractivity contribution is 0.101. The summed E-state index contributed by atoms with van der Waals surface area (Å²) >= 11 is 0. The second-order valence-corrected chi connectivity index (χ2v) is 12.5. The number of nitrogens with one attached hydrogen (secondary N) is 2. The van der Waals surface area contributed by atoms with Crippen molar-refractivity contribution >= 4 is 34.1 Å². The Morgan fingerprint density at radius 1 is 1.05 bits per heavy atom. The molecule has 1 aliphatic carbocycles. The summed E-state index contributed by atoms with van der Waals surface area (Å²) in [4.78, 5) is 40.7. The third-order valence-corrected chi connectivity index (χ3v) is 9.83. The van der Waals surface area contributed by atoms with Gasteiger partial charge in [-0.05, 0) is 76.7 Å². The number of aryl methyl sites for hydroxylation is 2. The Kier molecular flexibility index (Phi) is 7.14. The van der Waals surface area contributed by atoms with E-state index in [1.54, 1.807) is 10.8 Å². The molecule has 7 rings (SSSR count). The molecule has 42 heavy (non-hydrogen) atoms. The molecule has 5 heterocycles. The van der Waals surface area contributed by atoms with Crippen LogP contribution in [0, 0.1) is 13.8 Å². The number of ether oxygens (including phenoxy) is 1. The van der Waals surface area contributed by atoms with Gasteiger partial charge in [-0.2, -0.15) is 4.98 Å². The topological polar surface area (TPSA) is 105 Å². The van der Waals surface area contributed by atoms with Gasteiger partial charge in [0, 0.05) is 55.1 Å². The van der Waals surface area contributed by atoms with Gasteiger partial charge in [-0.15, -0.1) is 0 Å². The molecule has 10 heteroatoms. The third-order valence-electron chi connectivity index (χ3n) is 9.83. The maximum absolute atomic E-state index is 13.6. The van der Waals surface area contributed by atoms with Gasteiger partial charge in [-0.1, -0.05) is 12.8 Å². The second-order valence-electron chi connectivity index (χ2n) is 12.5. The first kappa shape index (κ1) is 27.3. The van der Waals surface area contributed by atoms with Crippen LogP contribution in [-0.4, -0.2) is 76.6 Å². The SMILES string of the molecule is CC(=O)c1c(C)c2cnc(Nc3cc(C)c4c(c3)OC[C@@H]3CN(C5CCNCC5)CCN43)nc2n(C2CCCC2)c1=O. The molecule has 10 nitrogen and oxygen atoms in total. The van der Waals surface area contributed by atoms with Crippen molar-refractivity contribution in [1.82, 2.24) is 24.8 Å².